The van der Waals surface area contributed by atoms with Crippen LogP contribution < -0.4 is 0 Å². The van der Waals surface area contributed by atoms with Crippen LogP contribution in [0.2, 0.25) is 0 Å². The van der Waals surface area contributed by atoms with Gasteiger partial charge in [-0.15, -0.1) is 0 Å². The van der Waals surface area contributed by atoms with Gasteiger partial charge in [-0.1, -0.05) is 234 Å². The quantitative estimate of drug-likeness (QED) is 0.0462. The van der Waals surface area contributed by atoms with Crippen molar-refractivity contribution in [1.82, 2.24) is 9.80 Å². The second kappa shape index (κ2) is 45.9. The smallest absolute Gasteiger partial charge is 0.303 e. The molecule has 2 fully saturated rings. The van der Waals surface area contributed by atoms with Crippen LogP contribution in [0, 0.1) is 11.8 Å². The van der Waals surface area contributed by atoms with E-state index in [9.17, 15) is 4.79 Å². The molecule has 0 amide bonds. The number of carbonyl (C=O) groups is 2. The summed E-state index contributed by atoms with van der Waals surface area (Å²) in [6.45, 7) is 17.6. The van der Waals surface area contributed by atoms with E-state index in [2.05, 4.69) is 51.5 Å². The zero-order valence-electron chi connectivity index (χ0n) is 43.1. The van der Waals surface area contributed by atoms with Crippen LogP contribution in [0.15, 0.2) is 0 Å². The van der Waals surface area contributed by atoms with E-state index in [1.807, 2.05) is 0 Å². The largest absolute Gasteiger partial charge is 0.483 e. The van der Waals surface area contributed by atoms with Gasteiger partial charge >= 0.3 is 5.97 Å². The predicted molar refractivity (Wildman–Crippen MR) is 270 cm³/mol. The zero-order chi connectivity index (χ0) is 46.5. The first-order chi connectivity index (χ1) is 30.7. The van der Waals surface area contributed by atoms with Crippen LogP contribution >= 0.6 is 0 Å². The van der Waals surface area contributed by atoms with Crippen LogP contribution in [0.4, 0.5) is 0 Å². The fraction of sp³-hybridized carbons (Fsp3) is 0.964. The van der Waals surface area contributed by atoms with Crippen molar-refractivity contribution in [3.05, 3.63) is 0 Å². The van der Waals surface area contributed by atoms with Crippen molar-refractivity contribution in [1.29, 1.82) is 0 Å². The lowest BCUT2D eigenvalue weighted by molar-refractivity contribution is -0.181. The third-order valence-electron chi connectivity index (χ3n) is 14.0. The molecule has 0 aromatic heterocycles. The number of unbranched alkanes of at least 4 members (excludes halogenated alkanes) is 22. The van der Waals surface area contributed by atoms with Crippen LogP contribution in [0.1, 0.15) is 272 Å². The van der Waals surface area contributed by atoms with Crippen LogP contribution in [0.25, 0.3) is 0 Å². The second-order valence-corrected chi connectivity index (χ2v) is 19.9. The molecule has 2 aliphatic rings. The van der Waals surface area contributed by atoms with Crippen molar-refractivity contribution in [2.45, 2.75) is 284 Å². The van der Waals surface area contributed by atoms with Crippen molar-refractivity contribution in [3.63, 3.8) is 0 Å². The topological polar surface area (TPSA) is 99.5 Å². The number of hydrogen-bond donors (Lipinski definition) is 2. The number of ether oxygens (including phenoxy) is 2. The maximum absolute atomic E-state index is 10.7. The van der Waals surface area contributed by atoms with Crippen molar-refractivity contribution in [2.24, 2.45) is 11.8 Å². The number of hydrogen-bond acceptors (Lipinski definition) is 6. The molecule has 2 aliphatic heterocycles. The highest BCUT2D eigenvalue weighted by Crippen LogP contribution is 2.35. The molecule has 376 valence electrons. The summed E-state index contributed by atoms with van der Waals surface area (Å²) in [5, 5.41) is 15.7. The van der Waals surface area contributed by atoms with Gasteiger partial charge in [-0.2, -0.15) is 0 Å². The Morgan fingerprint density at radius 1 is 0.571 bits per heavy atom. The minimum atomic E-state index is -0.669. The number of carboxylic acid groups (broad SMARTS) is 2. The van der Waals surface area contributed by atoms with Crippen molar-refractivity contribution in [3.8, 4) is 0 Å². The minimum Gasteiger partial charge on any atom is -0.483 e. The van der Waals surface area contributed by atoms with E-state index in [-0.39, 0.29) is 18.4 Å². The van der Waals surface area contributed by atoms with E-state index in [1.54, 1.807) is 0 Å². The van der Waals surface area contributed by atoms with Crippen molar-refractivity contribution in [2.75, 3.05) is 46.4 Å². The Bertz CT molecular complexity index is 941. The molecule has 2 unspecified atom stereocenters. The molecule has 8 nitrogen and oxygen atoms in total. The number of carboxylic acids is 1. The first kappa shape index (κ1) is 61.8. The summed E-state index contributed by atoms with van der Waals surface area (Å²) in [5.41, 5.74) is 0. The molecule has 2 atom stereocenters. The van der Waals surface area contributed by atoms with Crippen LogP contribution in [0.5, 0.6) is 0 Å². The van der Waals surface area contributed by atoms with E-state index in [0.29, 0.717) is 6.42 Å². The molecule has 0 spiro atoms. The van der Waals surface area contributed by atoms with E-state index in [0.717, 1.165) is 89.7 Å². The van der Waals surface area contributed by atoms with Gasteiger partial charge in [0, 0.05) is 52.0 Å². The molecule has 2 N–H and O–H groups in total. The monoisotopic (exact) mass is 895 g/mol. The molecule has 2 rings (SSSR count). The normalized spacial score (nSPS) is 18.1. The Labute approximate surface area is 392 Å². The molecule has 63 heavy (non-hydrogen) atoms. The highest BCUT2D eigenvalue weighted by molar-refractivity contribution is 5.66. The van der Waals surface area contributed by atoms with Crippen molar-refractivity contribution >= 4 is 12.4 Å². The van der Waals surface area contributed by atoms with Gasteiger partial charge in [0.1, 0.15) is 0 Å². The van der Waals surface area contributed by atoms with Gasteiger partial charge in [0.25, 0.3) is 6.47 Å². The molecule has 2 heterocycles. The van der Waals surface area contributed by atoms with Gasteiger partial charge in [-0.3, -0.25) is 14.5 Å². The van der Waals surface area contributed by atoms with Gasteiger partial charge in [0.2, 0.25) is 0 Å². The number of piperazine rings is 1. The zero-order valence-corrected chi connectivity index (χ0v) is 43.1. The SMILES string of the molecule is CCCCCC(CC)CCCCC.CCCCCC(CCCCC)CCCCCCCCCCCC1(CCCCCCCCCC(=O)O)OCC(CN2CCN(C)CC2)O1.O=CO. The van der Waals surface area contributed by atoms with Crippen LogP contribution in [0.3, 0.4) is 0 Å². The van der Waals surface area contributed by atoms with Crippen LogP contribution in [-0.4, -0.2) is 90.7 Å². The molecule has 0 aromatic carbocycles. The van der Waals surface area contributed by atoms with E-state index >= 15 is 0 Å². The molecule has 0 saturated carbocycles. The minimum absolute atomic E-state index is 0.204. The van der Waals surface area contributed by atoms with E-state index < -0.39 is 5.97 Å². The van der Waals surface area contributed by atoms with Gasteiger partial charge < -0.3 is 24.6 Å². The summed E-state index contributed by atoms with van der Waals surface area (Å²) >= 11 is 0. The molecule has 0 aromatic rings. The molecular weight excluding hydrogens is 785 g/mol. The highest BCUT2D eigenvalue weighted by atomic mass is 16.7. The average molecular weight is 895 g/mol. The standard InChI is InChI=1S/C41H80N2O4.C13H28.CH2O2/c1-4-6-20-26-38(27-21-7-5-2)28-22-16-12-9-8-10-14-18-24-30-41(31-25-19-15-11-13-17-23-29-40(44)45)46-37-39(47-41)36-43-34-32-42(3)33-35-43;1-4-7-9-11-13(6-3)12-10-8-5-2;2-1-3/h38-39H,4-37H2,1-3H3,(H,44,45);13H,4-12H2,1-3H3;1H,(H,2,3). The average Bonchev–Trinajstić information content (AvgIpc) is 3.67. The Kier molecular flexibility index (Phi) is 45.0. The fourth-order valence-corrected chi connectivity index (χ4v) is 9.75. The van der Waals surface area contributed by atoms with Gasteiger partial charge in [0.15, 0.2) is 5.79 Å². The number of likely N-dealkylation sites (N-methyl/N-ethyl adjacent to an activating group) is 1. The summed E-state index contributed by atoms with van der Waals surface area (Å²) < 4.78 is 13.3. The number of rotatable bonds is 41. The molecule has 2 saturated heterocycles. The fourth-order valence-electron chi connectivity index (χ4n) is 9.75. The van der Waals surface area contributed by atoms with Gasteiger partial charge in [0.05, 0.1) is 12.7 Å². The van der Waals surface area contributed by atoms with E-state index in [1.165, 1.54) is 193 Å². The lowest BCUT2D eigenvalue weighted by Crippen LogP contribution is -2.47. The lowest BCUT2D eigenvalue weighted by atomic mass is 9.90. The molecular formula is C55H110N2O6. The molecule has 0 radical (unpaired) electrons. The Balaban J connectivity index is 0.00000203. The van der Waals surface area contributed by atoms with Gasteiger partial charge in [-0.05, 0) is 38.1 Å². The predicted octanol–water partition coefficient (Wildman–Crippen LogP) is 15.9. The molecule has 8 heteroatoms. The maximum Gasteiger partial charge on any atom is 0.303 e. The number of aliphatic carboxylic acids is 1. The summed E-state index contributed by atoms with van der Waals surface area (Å²) in [4.78, 5) is 24.1. The third kappa shape index (κ3) is 38.6. The Hall–Kier alpha value is -1.22. The van der Waals surface area contributed by atoms with Crippen molar-refractivity contribution < 1.29 is 29.3 Å². The number of nitrogens with zero attached hydrogens (tertiary/aromatic N) is 2. The summed E-state index contributed by atoms with van der Waals surface area (Å²) in [6.07, 6.45) is 48.5. The summed E-state index contributed by atoms with van der Waals surface area (Å²) in [7, 11) is 2.22. The van der Waals surface area contributed by atoms with Gasteiger partial charge in [-0.25, -0.2) is 0 Å². The maximum atomic E-state index is 10.7. The first-order valence-corrected chi connectivity index (χ1v) is 27.7. The Morgan fingerprint density at radius 3 is 1.33 bits per heavy atom. The third-order valence-corrected chi connectivity index (χ3v) is 14.0. The Morgan fingerprint density at radius 2 is 0.937 bits per heavy atom. The summed E-state index contributed by atoms with van der Waals surface area (Å²) in [5.74, 6) is 0.980. The first-order valence-electron chi connectivity index (χ1n) is 27.7. The van der Waals surface area contributed by atoms with E-state index in [4.69, 9.17) is 24.5 Å². The molecule has 0 aliphatic carbocycles. The second-order valence-electron chi connectivity index (χ2n) is 19.9. The van der Waals surface area contributed by atoms with Crippen LogP contribution in [-0.2, 0) is 19.1 Å². The molecule has 0 bridgehead atoms. The highest BCUT2D eigenvalue weighted by Gasteiger charge is 2.41. The summed E-state index contributed by atoms with van der Waals surface area (Å²) in [6, 6.07) is 0. The lowest BCUT2D eigenvalue weighted by Gasteiger charge is -2.34.